The van der Waals surface area contributed by atoms with Gasteiger partial charge in [0.15, 0.2) is 0 Å². The van der Waals surface area contributed by atoms with Crippen molar-refractivity contribution in [2.75, 3.05) is 31.1 Å². The number of nitrogens with one attached hydrogen (secondary N) is 1. The van der Waals surface area contributed by atoms with Crippen LogP contribution in [0.4, 0.5) is 5.69 Å². The van der Waals surface area contributed by atoms with E-state index in [2.05, 4.69) is 16.3 Å². The number of anilines is 1. The Kier molecular flexibility index (Phi) is 5.43. The predicted octanol–water partition coefficient (Wildman–Crippen LogP) is 1.50. The number of nitriles is 1. The molecule has 0 spiro atoms. The molecule has 1 aliphatic rings. The minimum atomic E-state index is -0.0625. The topological polar surface area (TPSA) is 82.2 Å². The van der Waals surface area contributed by atoms with Crippen molar-refractivity contribution >= 4 is 23.2 Å². The van der Waals surface area contributed by atoms with Crippen LogP contribution < -0.4 is 16.0 Å². The Labute approximate surface area is 129 Å². The highest BCUT2D eigenvalue weighted by atomic mass is 35.5. The number of halogens is 1. The molecule has 1 aromatic carbocycles. The van der Waals surface area contributed by atoms with E-state index in [0.717, 1.165) is 25.1 Å². The van der Waals surface area contributed by atoms with Crippen molar-refractivity contribution in [1.29, 1.82) is 5.26 Å². The molecule has 1 atom stereocenters. The van der Waals surface area contributed by atoms with Crippen LogP contribution in [0.3, 0.4) is 0 Å². The average molecular weight is 307 g/mol. The molecule has 1 unspecified atom stereocenters. The van der Waals surface area contributed by atoms with Crippen LogP contribution in [0.5, 0.6) is 0 Å². The number of carbonyl (C=O) groups is 1. The van der Waals surface area contributed by atoms with E-state index in [9.17, 15) is 10.1 Å². The van der Waals surface area contributed by atoms with Crippen LogP contribution in [-0.2, 0) is 4.79 Å². The summed E-state index contributed by atoms with van der Waals surface area (Å²) in [5.74, 6) is -0.0230. The average Bonchev–Trinajstić information content (AvgIpc) is 2.52. The van der Waals surface area contributed by atoms with Crippen LogP contribution in [0.1, 0.15) is 18.4 Å². The summed E-state index contributed by atoms with van der Waals surface area (Å²) in [6.07, 6.45) is 1.79. The van der Waals surface area contributed by atoms with E-state index in [4.69, 9.17) is 17.3 Å². The van der Waals surface area contributed by atoms with Crippen molar-refractivity contribution in [3.8, 4) is 6.07 Å². The van der Waals surface area contributed by atoms with Gasteiger partial charge in [-0.1, -0.05) is 11.6 Å². The molecular formula is C15H19ClN4O. The summed E-state index contributed by atoms with van der Waals surface area (Å²) in [6, 6.07) is 7.45. The summed E-state index contributed by atoms with van der Waals surface area (Å²) in [5, 5.41) is 12.6. The molecule has 0 radical (unpaired) electrons. The maximum Gasteiger partial charge on any atom is 0.224 e. The van der Waals surface area contributed by atoms with E-state index in [1.54, 1.807) is 12.1 Å². The van der Waals surface area contributed by atoms with Crippen molar-refractivity contribution in [1.82, 2.24) is 5.32 Å². The van der Waals surface area contributed by atoms with E-state index in [1.807, 2.05) is 6.07 Å². The summed E-state index contributed by atoms with van der Waals surface area (Å²) >= 11 is 5.93. The molecule has 21 heavy (non-hydrogen) atoms. The second kappa shape index (κ2) is 7.30. The third-order valence-electron chi connectivity index (χ3n) is 3.66. The number of rotatable bonds is 4. The van der Waals surface area contributed by atoms with Gasteiger partial charge in [0.1, 0.15) is 6.07 Å². The summed E-state index contributed by atoms with van der Waals surface area (Å²) in [6.45, 7) is 2.40. The zero-order valence-electron chi connectivity index (χ0n) is 11.8. The molecule has 5 nitrogen and oxygen atoms in total. The zero-order valence-corrected chi connectivity index (χ0v) is 12.6. The van der Waals surface area contributed by atoms with Gasteiger partial charge in [-0.3, -0.25) is 4.79 Å². The number of amides is 1. The molecule has 1 aromatic rings. The Morgan fingerprint density at radius 2 is 2.38 bits per heavy atom. The first-order chi connectivity index (χ1) is 10.2. The Morgan fingerprint density at radius 1 is 1.57 bits per heavy atom. The van der Waals surface area contributed by atoms with Crippen molar-refractivity contribution < 1.29 is 4.79 Å². The molecule has 0 aromatic heterocycles. The van der Waals surface area contributed by atoms with Crippen molar-refractivity contribution in [3.63, 3.8) is 0 Å². The lowest BCUT2D eigenvalue weighted by Gasteiger charge is -2.34. The van der Waals surface area contributed by atoms with Crippen LogP contribution in [0.15, 0.2) is 18.2 Å². The fourth-order valence-electron chi connectivity index (χ4n) is 2.62. The van der Waals surface area contributed by atoms with Crippen LogP contribution in [0, 0.1) is 17.2 Å². The Balaban J connectivity index is 2.11. The summed E-state index contributed by atoms with van der Waals surface area (Å²) in [7, 11) is 0. The van der Waals surface area contributed by atoms with Crippen molar-refractivity contribution in [2.24, 2.45) is 11.7 Å². The Hall–Kier alpha value is -1.77. The largest absolute Gasteiger partial charge is 0.370 e. The van der Waals surface area contributed by atoms with Gasteiger partial charge in [-0.05, 0) is 31.0 Å². The molecule has 3 N–H and O–H groups in total. The maximum absolute atomic E-state index is 12.1. The molecule has 1 fully saturated rings. The molecule has 6 heteroatoms. The number of nitrogens with two attached hydrogens (primary N) is 1. The van der Waals surface area contributed by atoms with Crippen LogP contribution in [-0.4, -0.2) is 32.1 Å². The van der Waals surface area contributed by atoms with E-state index in [1.165, 1.54) is 0 Å². The molecule has 0 aliphatic carbocycles. The van der Waals surface area contributed by atoms with Crippen LogP contribution >= 0.6 is 11.6 Å². The van der Waals surface area contributed by atoms with Gasteiger partial charge >= 0.3 is 0 Å². The highest BCUT2D eigenvalue weighted by molar-refractivity contribution is 6.30. The summed E-state index contributed by atoms with van der Waals surface area (Å²) in [4.78, 5) is 14.2. The first-order valence-corrected chi connectivity index (χ1v) is 7.46. The zero-order chi connectivity index (χ0) is 15.2. The number of hydrogen-bond acceptors (Lipinski definition) is 4. The van der Waals surface area contributed by atoms with Crippen LogP contribution in [0.25, 0.3) is 0 Å². The minimum Gasteiger partial charge on any atom is -0.370 e. The maximum atomic E-state index is 12.1. The second-order valence-corrected chi connectivity index (χ2v) is 5.57. The van der Waals surface area contributed by atoms with Gasteiger partial charge in [0.05, 0.1) is 17.2 Å². The molecule has 2 rings (SSSR count). The summed E-state index contributed by atoms with van der Waals surface area (Å²) < 4.78 is 0. The van der Waals surface area contributed by atoms with Gasteiger partial charge in [-0.2, -0.15) is 5.26 Å². The smallest absolute Gasteiger partial charge is 0.224 e. The minimum absolute atomic E-state index is 0.0395. The number of piperidine rings is 1. The van der Waals surface area contributed by atoms with E-state index in [-0.39, 0.29) is 11.8 Å². The van der Waals surface area contributed by atoms with E-state index < -0.39 is 0 Å². The Bertz CT molecular complexity index is 555. The van der Waals surface area contributed by atoms with Gasteiger partial charge in [-0.15, -0.1) is 0 Å². The number of carbonyl (C=O) groups excluding carboxylic acids is 1. The summed E-state index contributed by atoms with van der Waals surface area (Å²) in [5.41, 5.74) is 6.80. The fourth-order valence-corrected chi connectivity index (χ4v) is 2.80. The molecular weight excluding hydrogens is 288 g/mol. The lowest BCUT2D eigenvalue weighted by molar-refractivity contribution is -0.125. The predicted molar refractivity (Wildman–Crippen MR) is 83.2 cm³/mol. The monoisotopic (exact) mass is 306 g/mol. The first-order valence-electron chi connectivity index (χ1n) is 7.08. The van der Waals surface area contributed by atoms with Gasteiger partial charge < -0.3 is 16.0 Å². The number of hydrogen-bond donors (Lipinski definition) is 2. The molecule has 1 saturated heterocycles. The molecule has 1 aliphatic heterocycles. The highest BCUT2D eigenvalue weighted by Crippen LogP contribution is 2.28. The Morgan fingerprint density at radius 3 is 3.10 bits per heavy atom. The lowest BCUT2D eigenvalue weighted by Crippen LogP contribution is -2.44. The van der Waals surface area contributed by atoms with Crippen molar-refractivity contribution in [3.05, 3.63) is 28.8 Å². The molecule has 0 bridgehead atoms. The molecule has 1 amide bonds. The fraction of sp³-hybridized carbons (Fsp3) is 0.467. The standard InChI is InChI=1S/C15H19ClN4O/c16-13-3-4-14(12(8-13)9-18)20-7-1-2-11(10-20)15(21)19-6-5-17/h3-4,8,11H,1-2,5-7,10,17H2,(H,19,21). The lowest BCUT2D eigenvalue weighted by atomic mass is 9.96. The quantitative estimate of drug-likeness (QED) is 0.883. The number of nitrogens with zero attached hydrogens (tertiary/aromatic N) is 2. The van der Waals surface area contributed by atoms with Gasteiger partial charge in [-0.25, -0.2) is 0 Å². The second-order valence-electron chi connectivity index (χ2n) is 5.14. The van der Waals surface area contributed by atoms with Crippen molar-refractivity contribution in [2.45, 2.75) is 12.8 Å². The molecule has 0 saturated carbocycles. The SMILES string of the molecule is N#Cc1cc(Cl)ccc1N1CCCC(C(=O)NCCN)C1. The third-order valence-corrected chi connectivity index (χ3v) is 3.89. The molecule has 1 heterocycles. The van der Waals surface area contributed by atoms with E-state index >= 15 is 0 Å². The van der Waals surface area contributed by atoms with Crippen LogP contribution in [0.2, 0.25) is 5.02 Å². The van der Waals surface area contributed by atoms with Gasteiger partial charge in [0, 0.05) is 31.2 Å². The third kappa shape index (κ3) is 3.87. The normalized spacial score (nSPS) is 18.1. The molecule has 112 valence electrons. The van der Waals surface area contributed by atoms with Gasteiger partial charge in [0.2, 0.25) is 5.91 Å². The van der Waals surface area contributed by atoms with E-state index in [0.29, 0.717) is 30.2 Å². The number of benzene rings is 1. The highest BCUT2D eigenvalue weighted by Gasteiger charge is 2.26. The first kappa shape index (κ1) is 15.6. The van der Waals surface area contributed by atoms with Gasteiger partial charge in [0.25, 0.3) is 0 Å².